The van der Waals surface area contributed by atoms with Crippen LogP contribution in [-0.4, -0.2) is 4.37 Å². The van der Waals surface area contributed by atoms with Crippen molar-refractivity contribution in [3.63, 3.8) is 0 Å². The first-order valence-electron chi connectivity index (χ1n) is 6.50. The third-order valence-corrected chi connectivity index (χ3v) is 3.91. The maximum atomic E-state index is 6.15. The van der Waals surface area contributed by atoms with Gasteiger partial charge in [-0.15, -0.1) is 0 Å². The summed E-state index contributed by atoms with van der Waals surface area (Å²) in [7, 11) is 0. The number of aromatic nitrogens is 1. The average molecular weight is 291 g/mol. The molecule has 4 N–H and O–H groups in total. The van der Waals surface area contributed by atoms with Gasteiger partial charge in [0.25, 0.3) is 0 Å². The van der Waals surface area contributed by atoms with Gasteiger partial charge in [-0.3, -0.25) is 0 Å². The molecule has 0 spiro atoms. The summed E-state index contributed by atoms with van der Waals surface area (Å²) in [6, 6.07) is 3.84. The van der Waals surface area contributed by atoms with Crippen LogP contribution in [-0.2, 0) is 5.41 Å². The van der Waals surface area contributed by atoms with Gasteiger partial charge < -0.3 is 16.2 Å². The monoisotopic (exact) mass is 291 g/mol. The Morgan fingerprint density at radius 2 is 1.75 bits per heavy atom. The predicted octanol–water partition coefficient (Wildman–Crippen LogP) is 4.01. The Balaban J connectivity index is 2.37. The molecule has 0 aliphatic heterocycles. The van der Waals surface area contributed by atoms with Crippen LogP contribution in [0.4, 0.5) is 11.4 Å². The zero-order chi connectivity index (χ0) is 15.1. The minimum Gasteiger partial charge on any atom is -0.443 e. The van der Waals surface area contributed by atoms with Crippen LogP contribution in [0.3, 0.4) is 0 Å². The number of nitrogen functional groups attached to an aromatic ring is 2. The molecule has 0 unspecified atom stereocenters. The third kappa shape index (κ3) is 2.72. The molecule has 0 aliphatic rings. The maximum Gasteiger partial charge on any atom is 0.223 e. The number of nitrogens with two attached hydrogens (primary N) is 2. The largest absolute Gasteiger partial charge is 0.443 e. The van der Waals surface area contributed by atoms with Crippen molar-refractivity contribution in [2.45, 2.75) is 40.0 Å². The summed E-state index contributed by atoms with van der Waals surface area (Å²) in [5.41, 5.74) is 16.2. The van der Waals surface area contributed by atoms with Gasteiger partial charge in [0.2, 0.25) is 5.06 Å². The standard InChI is InChI=1S/C15H21N3OS/c1-8-7-11(9(2)6-10(8)16)19-14-12(17)13(18-20-14)15(3,4)5/h6-7H,16-17H2,1-5H3. The van der Waals surface area contributed by atoms with Crippen molar-refractivity contribution in [1.82, 2.24) is 4.37 Å². The van der Waals surface area contributed by atoms with Crippen LogP contribution in [0.1, 0.15) is 37.6 Å². The quantitative estimate of drug-likeness (QED) is 0.820. The average Bonchev–Trinajstić information content (AvgIpc) is 2.67. The second-order valence-electron chi connectivity index (χ2n) is 6.06. The van der Waals surface area contributed by atoms with Gasteiger partial charge in [0.1, 0.15) is 11.4 Å². The van der Waals surface area contributed by atoms with Gasteiger partial charge in [-0.2, -0.15) is 4.37 Å². The normalized spacial score (nSPS) is 11.7. The summed E-state index contributed by atoms with van der Waals surface area (Å²) in [6.45, 7) is 10.2. The van der Waals surface area contributed by atoms with Gasteiger partial charge in [0.05, 0.1) is 5.69 Å². The molecule has 0 aliphatic carbocycles. The molecular formula is C15H21N3OS. The molecule has 0 radical (unpaired) electrons. The smallest absolute Gasteiger partial charge is 0.223 e. The first-order chi connectivity index (χ1) is 9.20. The topological polar surface area (TPSA) is 74.2 Å². The molecule has 20 heavy (non-hydrogen) atoms. The van der Waals surface area contributed by atoms with Crippen LogP contribution < -0.4 is 16.2 Å². The van der Waals surface area contributed by atoms with Crippen molar-refractivity contribution >= 4 is 22.9 Å². The Hall–Kier alpha value is -1.75. The molecule has 0 atom stereocenters. The van der Waals surface area contributed by atoms with Crippen LogP contribution in [0.5, 0.6) is 10.8 Å². The van der Waals surface area contributed by atoms with E-state index in [-0.39, 0.29) is 5.41 Å². The van der Waals surface area contributed by atoms with E-state index < -0.39 is 0 Å². The Morgan fingerprint density at radius 1 is 1.10 bits per heavy atom. The molecule has 0 fully saturated rings. The first kappa shape index (κ1) is 14.7. The summed E-state index contributed by atoms with van der Waals surface area (Å²) in [6.07, 6.45) is 0. The molecule has 1 heterocycles. The van der Waals surface area contributed by atoms with Crippen LogP contribution >= 0.6 is 11.5 Å². The fourth-order valence-electron chi connectivity index (χ4n) is 1.92. The fourth-order valence-corrected chi connectivity index (χ4v) is 2.79. The lowest BCUT2D eigenvalue weighted by molar-refractivity contribution is 0.492. The summed E-state index contributed by atoms with van der Waals surface area (Å²) in [5.74, 6) is 0.771. The lowest BCUT2D eigenvalue weighted by Crippen LogP contribution is -2.13. The van der Waals surface area contributed by atoms with E-state index in [1.807, 2.05) is 26.0 Å². The van der Waals surface area contributed by atoms with Gasteiger partial charge in [0.15, 0.2) is 0 Å². The van der Waals surface area contributed by atoms with E-state index in [0.717, 1.165) is 28.3 Å². The highest BCUT2D eigenvalue weighted by atomic mass is 32.1. The SMILES string of the molecule is Cc1cc(Oc2snc(C(C)(C)C)c2N)c(C)cc1N. The van der Waals surface area contributed by atoms with Crippen LogP contribution in [0.25, 0.3) is 0 Å². The lowest BCUT2D eigenvalue weighted by atomic mass is 9.91. The van der Waals surface area contributed by atoms with Gasteiger partial charge >= 0.3 is 0 Å². The van der Waals surface area contributed by atoms with E-state index in [9.17, 15) is 0 Å². The van der Waals surface area contributed by atoms with Crippen molar-refractivity contribution in [3.05, 3.63) is 29.0 Å². The van der Waals surface area contributed by atoms with E-state index in [1.54, 1.807) is 0 Å². The highest BCUT2D eigenvalue weighted by Gasteiger charge is 2.24. The minimum absolute atomic E-state index is 0.0890. The summed E-state index contributed by atoms with van der Waals surface area (Å²) < 4.78 is 10.3. The van der Waals surface area contributed by atoms with Gasteiger partial charge in [-0.05, 0) is 37.1 Å². The molecule has 4 nitrogen and oxygen atoms in total. The highest BCUT2D eigenvalue weighted by molar-refractivity contribution is 7.08. The molecule has 1 aromatic heterocycles. The van der Waals surface area contributed by atoms with Crippen molar-refractivity contribution < 1.29 is 4.74 Å². The van der Waals surface area contributed by atoms with Crippen molar-refractivity contribution in [2.24, 2.45) is 0 Å². The highest BCUT2D eigenvalue weighted by Crippen LogP contribution is 2.40. The van der Waals surface area contributed by atoms with Gasteiger partial charge in [-0.25, -0.2) is 0 Å². The Kier molecular flexibility index (Phi) is 3.65. The van der Waals surface area contributed by atoms with Crippen LogP contribution in [0.15, 0.2) is 12.1 Å². The zero-order valence-electron chi connectivity index (χ0n) is 12.6. The first-order valence-corrected chi connectivity index (χ1v) is 7.27. The Bertz CT molecular complexity index is 641. The van der Waals surface area contributed by atoms with Gasteiger partial charge in [0, 0.05) is 22.6 Å². The molecule has 0 amide bonds. The molecule has 0 bridgehead atoms. The number of ether oxygens (including phenoxy) is 1. The van der Waals surface area contributed by atoms with Crippen molar-refractivity contribution in [2.75, 3.05) is 11.5 Å². The summed E-state index contributed by atoms with van der Waals surface area (Å²) >= 11 is 1.29. The molecule has 108 valence electrons. The van der Waals surface area contributed by atoms with E-state index in [0.29, 0.717) is 10.8 Å². The van der Waals surface area contributed by atoms with Crippen molar-refractivity contribution in [1.29, 1.82) is 0 Å². The summed E-state index contributed by atoms with van der Waals surface area (Å²) in [5, 5.41) is 0.641. The minimum atomic E-state index is -0.0890. The lowest BCUT2D eigenvalue weighted by Gasteiger charge is -2.16. The van der Waals surface area contributed by atoms with E-state index in [2.05, 4.69) is 25.1 Å². The molecule has 5 heteroatoms. The van der Waals surface area contributed by atoms with E-state index in [1.165, 1.54) is 11.5 Å². The number of aryl methyl sites for hydroxylation is 2. The number of hydrogen-bond donors (Lipinski definition) is 2. The zero-order valence-corrected chi connectivity index (χ0v) is 13.4. The van der Waals surface area contributed by atoms with Crippen LogP contribution in [0.2, 0.25) is 0 Å². The molecule has 2 aromatic rings. The predicted molar refractivity (Wildman–Crippen MR) is 85.6 cm³/mol. The number of anilines is 2. The second kappa shape index (κ2) is 4.98. The van der Waals surface area contributed by atoms with E-state index in [4.69, 9.17) is 16.2 Å². The maximum absolute atomic E-state index is 6.15. The number of rotatable bonds is 2. The molecule has 2 rings (SSSR count). The molecule has 0 saturated carbocycles. The third-order valence-electron chi connectivity index (χ3n) is 3.17. The molecule has 1 aromatic carbocycles. The number of nitrogens with zero attached hydrogens (tertiary/aromatic N) is 1. The second-order valence-corrected chi connectivity index (χ2v) is 6.79. The fraction of sp³-hybridized carbons (Fsp3) is 0.400. The Labute approximate surface area is 123 Å². The number of benzene rings is 1. The molecule has 0 saturated heterocycles. The van der Waals surface area contributed by atoms with Gasteiger partial charge in [-0.1, -0.05) is 20.8 Å². The van der Waals surface area contributed by atoms with Crippen molar-refractivity contribution in [3.8, 4) is 10.8 Å². The summed E-state index contributed by atoms with van der Waals surface area (Å²) in [4.78, 5) is 0. The van der Waals surface area contributed by atoms with Crippen LogP contribution in [0, 0.1) is 13.8 Å². The number of hydrogen-bond acceptors (Lipinski definition) is 5. The van der Waals surface area contributed by atoms with E-state index >= 15 is 0 Å². The molecular weight excluding hydrogens is 270 g/mol. The Morgan fingerprint density at radius 3 is 2.30 bits per heavy atom.